The fourth-order valence-electron chi connectivity index (χ4n) is 0.867. The minimum Gasteiger partial charge on any atom is -0.396 e. The van der Waals surface area contributed by atoms with Crippen LogP contribution in [0.1, 0.15) is 34.6 Å². The maximum atomic E-state index is 9.10. The maximum Gasteiger partial charge on any atom is 0.0518 e. The lowest BCUT2D eigenvalue weighted by Crippen LogP contribution is -2.45. The topological polar surface area (TPSA) is 52.5 Å². The lowest BCUT2D eigenvalue weighted by molar-refractivity contribution is 0.0635. The zero-order valence-electron chi connectivity index (χ0n) is 10.1. The highest BCUT2D eigenvalue weighted by molar-refractivity contribution is 4.81. The van der Waals surface area contributed by atoms with E-state index in [0.29, 0.717) is 12.6 Å². The Labute approximate surface area is 87.5 Å². The van der Waals surface area contributed by atoms with Gasteiger partial charge >= 0.3 is 0 Å². The fourth-order valence-corrected chi connectivity index (χ4v) is 0.867. The van der Waals surface area contributed by atoms with Crippen LogP contribution in [0, 0.1) is 10.8 Å². The van der Waals surface area contributed by atoms with Crippen LogP contribution in [0.15, 0.2) is 0 Å². The standard InChI is InChI=1S/C11H25NO2/c1-9(10(2,3)4)12-6-11(5,7-13)8-14/h9,12-14H,6-8H2,1-5H3. The van der Waals surface area contributed by atoms with Crippen molar-refractivity contribution in [2.45, 2.75) is 40.7 Å². The van der Waals surface area contributed by atoms with Crippen molar-refractivity contribution in [3.05, 3.63) is 0 Å². The predicted octanol–water partition coefficient (Wildman–Crippen LogP) is 1.00. The van der Waals surface area contributed by atoms with Gasteiger partial charge in [-0.3, -0.25) is 0 Å². The minimum atomic E-state index is -0.417. The molecule has 0 spiro atoms. The fraction of sp³-hybridized carbons (Fsp3) is 1.00. The van der Waals surface area contributed by atoms with Gasteiger partial charge in [0.05, 0.1) is 13.2 Å². The van der Waals surface area contributed by atoms with Crippen molar-refractivity contribution in [2.24, 2.45) is 10.8 Å². The Hall–Kier alpha value is -0.120. The van der Waals surface area contributed by atoms with Crippen LogP contribution in [0.4, 0.5) is 0 Å². The number of nitrogens with one attached hydrogen (secondary N) is 1. The summed E-state index contributed by atoms with van der Waals surface area (Å²) in [5, 5.41) is 21.5. The average Bonchev–Trinajstić information content (AvgIpc) is 2.12. The Morgan fingerprint density at radius 3 is 1.79 bits per heavy atom. The average molecular weight is 203 g/mol. The number of hydrogen-bond acceptors (Lipinski definition) is 3. The molecular weight excluding hydrogens is 178 g/mol. The normalized spacial score (nSPS) is 15.6. The summed E-state index contributed by atoms with van der Waals surface area (Å²) >= 11 is 0. The third kappa shape index (κ3) is 4.40. The van der Waals surface area contributed by atoms with Crippen molar-refractivity contribution in [3.63, 3.8) is 0 Å². The van der Waals surface area contributed by atoms with E-state index in [0.717, 1.165) is 0 Å². The SMILES string of the molecule is CC(NCC(C)(CO)CO)C(C)(C)C. The lowest BCUT2D eigenvalue weighted by atomic mass is 9.86. The van der Waals surface area contributed by atoms with Crippen molar-refractivity contribution in [3.8, 4) is 0 Å². The Morgan fingerprint density at radius 2 is 1.50 bits per heavy atom. The first-order chi connectivity index (χ1) is 6.25. The quantitative estimate of drug-likeness (QED) is 0.625. The first kappa shape index (κ1) is 13.9. The molecule has 0 amide bonds. The highest BCUT2D eigenvalue weighted by Crippen LogP contribution is 2.20. The van der Waals surface area contributed by atoms with Crippen LogP contribution in [0.3, 0.4) is 0 Å². The molecule has 3 heteroatoms. The third-order valence-corrected chi connectivity index (χ3v) is 2.90. The van der Waals surface area contributed by atoms with Gasteiger partial charge in [-0.2, -0.15) is 0 Å². The molecule has 0 rings (SSSR count). The van der Waals surface area contributed by atoms with E-state index in [2.05, 4.69) is 33.0 Å². The van der Waals surface area contributed by atoms with Crippen molar-refractivity contribution >= 4 is 0 Å². The van der Waals surface area contributed by atoms with E-state index < -0.39 is 5.41 Å². The molecule has 0 saturated heterocycles. The monoisotopic (exact) mass is 203 g/mol. The van der Waals surface area contributed by atoms with Gasteiger partial charge in [0.1, 0.15) is 0 Å². The molecule has 3 nitrogen and oxygen atoms in total. The predicted molar refractivity (Wildman–Crippen MR) is 59.2 cm³/mol. The number of aliphatic hydroxyl groups excluding tert-OH is 2. The lowest BCUT2D eigenvalue weighted by Gasteiger charge is -2.33. The highest BCUT2D eigenvalue weighted by Gasteiger charge is 2.26. The van der Waals surface area contributed by atoms with Gasteiger partial charge in [-0.05, 0) is 12.3 Å². The molecule has 0 aromatic carbocycles. The molecule has 0 saturated carbocycles. The summed E-state index contributed by atoms with van der Waals surface area (Å²) < 4.78 is 0. The van der Waals surface area contributed by atoms with Crippen LogP contribution in [0.25, 0.3) is 0 Å². The summed E-state index contributed by atoms with van der Waals surface area (Å²) in [6.45, 7) is 11.1. The van der Waals surface area contributed by atoms with Crippen LogP contribution in [-0.4, -0.2) is 36.0 Å². The van der Waals surface area contributed by atoms with E-state index in [1.165, 1.54) is 0 Å². The Morgan fingerprint density at radius 1 is 1.07 bits per heavy atom. The van der Waals surface area contributed by atoms with Crippen molar-refractivity contribution < 1.29 is 10.2 Å². The van der Waals surface area contributed by atoms with Crippen LogP contribution in [0.5, 0.6) is 0 Å². The largest absolute Gasteiger partial charge is 0.396 e. The number of hydrogen-bond donors (Lipinski definition) is 3. The Balaban J connectivity index is 4.05. The zero-order chi connectivity index (χ0) is 11.4. The van der Waals surface area contributed by atoms with Crippen LogP contribution < -0.4 is 5.32 Å². The molecule has 0 aliphatic rings. The van der Waals surface area contributed by atoms with Gasteiger partial charge in [-0.15, -0.1) is 0 Å². The van der Waals surface area contributed by atoms with E-state index in [1.807, 2.05) is 6.92 Å². The van der Waals surface area contributed by atoms with Crippen molar-refractivity contribution in [2.75, 3.05) is 19.8 Å². The first-order valence-electron chi connectivity index (χ1n) is 5.20. The van der Waals surface area contributed by atoms with E-state index in [-0.39, 0.29) is 18.6 Å². The first-order valence-corrected chi connectivity index (χ1v) is 5.20. The van der Waals surface area contributed by atoms with E-state index in [4.69, 9.17) is 10.2 Å². The molecule has 14 heavy (non-hydrogen) atoms. The van der Waals surface area contributed by atoms with Gasteiger partial charge in [0.25, 0.3) is 0 Å². The molecule has 3 N–H and O–H groups in total. The van der Waals surface area contributed by atoms with Crippen LogP contribution >= 0.6 is 0 Å². The second-order valence-corrected chi connectivity index (χ2v) is 5.60. The molecule has 1 atom stereocenters. The van der Waals surface area contributed by atoms with Gasteiger partial charge in [0.15, 0.2) is 0 Å². The second-order valence-electron chi connectivity index (χ2n) is 5.60. The maximum absolute atomic E-state index is 9.10. The van der Waals surface area contributed by atoms with Crippen LogP contribution in [0.2, 0.25) is 0 Å². The molecule has 0 aliphatic carbocycles. The molecule has 0 aromatic rings. The third-order valence-electron chi connectivity index (χ3n) is 2.90. The minimum absolute atomic E-state index is 0.00730. The van der Waals surface area contributed by atoms with Crippen molar-refractivity contribution in [1.82, 2.24) is 5.32 Å². The van der Waals surface area contributed by atoms with Crippen LogP contribution in [-0.2, 0) is 0 Å². The summed E-state index contributed by atoms with van der Waals surface area (Å²) in [7, 11) is 0. The summed E-state index contributed by atoms with van der Waals surface area (Å²) in [4.78, 5) is 0. The number of rotatable bonds is 5. The zero-order valence-corrected chi connectivity index (χ0v) is 10.1. The molecule has 0 radical (unpaired) electrons. The Bertz CT molecular complexity index is 159. The summed E-state index contributed by atoms with van der Waals surface area (Å²) in [5.74, 6) is 0. The molecule has 0 fully saturated rings. The van der Waals surface area contributed by atoms with E-state index in [1.54, 1.807) is 0 Å². The number of aliphatic hydroxyl groups is 2. The van der Waals surface area contributed by atoms with Gasteiger partial charge in [-0.1, -0.05) is 27.7 Å². The summed E-state index contributed by atoms with van der Waals surface area (Å²) in [5.41, 5.74) is -0.217. The molecule has 0 bridgehead atoms. The van der Waals surface area contributed by atoms with Crippen molar-refractivity contribution in [1.29, 1.82) is 0 Å². The molecule has 0 aromatic heterocycles. The molecule has 0 heterocycles. The molecular formula is C11H25NO2. The van der Waals surface area contributed by atoms with E-state index in [9.17, 15) is 0 Å². The van der Waals surface area contributed by atoms with Gasteiger partial charge < -0.3 is 15.5 Å². The summed E-state index contributed by atoms with van der Waals surface area (Å²) in [6, 6.07) is 0.361. The van der Waals surface area contributed by atoms with Gasteiger partial charge in [-0.25, -0.2) is 0 Å². The highest BCUT2D eigenvalue weighted by atomic mass is 16.3. The second kappa shape index (κ2) is 5.10. The smallest absolute Gasteiger partial charge is 0.0518 e. The Kier molecular flexibility index (Phi) is 5.06. The molecule has 0 aliphatic heterocycles. The van der Waals surface area contributed by atoms with Gasteiger partial charge in [0, 0.05) is 18.0 Å². The molecule has 1 unspecified atom stereocenters. The van der Waals surface area contributed by atoms with E-state index >= 15 is 0 Å². The van der Waals surface area contributed by atoms with Gasteiger partial charge in [0.2, 0.25) is 0 Å². The molecule has 86 valence electrons. The summed E-state index contributed by atoms with van der Waals surface area (Å²) in [6.07, 6.45) is 0.